The number of hydrogen-bond acceptors (Lipinski definition) is 4. The predicted octanol–water partition coefficient (Wildman–Crippen LogP) is 6.17. The molecule has 33 heavy (non-hydrogen) atoms. The fourth-order valence-corrected chi connectivity index (χ4v) is 5.19. The van der Waals surface area contributed by atoms with Crippen LogP contribution in [0.5, 0.6) is 0 Å². The Morgan fingerprint density at radius 1 is 1.09 bits per heavy atom. The molecule has 1 aliphatic rings. The van der Waals surface area contributed by atoms with E-state index in [0.717, 1.165) is 10.0 Å². The Kier molecular flexibility index (Phi) is 7.19. The summed E-state index contributed by atoms with van der Waals surface area (Å²) in [4.78, 5) is 27.9. The number of halogens is 2. The minimum Gasteiger partial charge on any atom is -0.321 e. The number of carbonyl (C=O) groups is 2. The van der Waals surface area contributed by atoms with E-state index in [-0.39, 0.29) is 11.5 Å². The molecular weight excluding hydrogens is 522 g/mol. The third-order valence-electron chi connectivity index (χ3n) is 4.93. The van der Waals surface area contributed by atoms with Crippen molar-refractivity contribution in [2.24, 2.45) is 0 Å². The minimum atomic E-state index is -0.565. The van der Waals surface area contributed by atoms with Crippen LogP contribution in [0, 0.1) is 11.3 Å². The monoisotopic (exact) mass is 537 g/mol. The van der Waals surface area contributed by atoms with Crippen molar-refractivity contribution in [3.8, 4) is 6.07 Å². The van der Waals surface area contributed by atoms with Crippen molar-refractivity contribution in [1.82, 2.24) is 0 Å². The fraction of sp³-hybridized carbons (Fsp3) is 0.0800. The number of nitrogens with one attached hydrogen (secondary N) is 1. The first-order valence-corrected chi connectivity index (χ1v) is 12.0. The molecule has 164 valence electrons. The average Bonchev–Trinajstić information content (AvgIpc) is 3.11. The summed E-state index contributed by atoms with van der Waals surface area (Å²) in [6.45, 7) is 0. The van der Waals surface area contributed by atoms with Crippen molar-refractivity contribution < 1.29 is 9.59 Å². The number of hydrogen-bond donors (Lipinski definition) is 1. The summed E-state index contributed by atoms with van der Waals surface area (Å²) in [6, 6.07) is 25.4. The van der Waals surface area contributed by atoms with Gasteiger partial charge in [-0.3, -0.25) is 14.5 Å². The van der Waals surface area contributed by atoms with Gasteiger partial charge < -0.3 is 5.32 Å². The van der Waals surface area contributed by atoms with Gasteiger partial charge in [-0.25, -0.2) is 0 Å². The van der Waals surface area contributed by atoms with Gasteiger partial charge in [0.25, 0.3) is 5.91 Å². The molecule has 1 atom stereocenters. The lowest BCUT2D eigenvalue weighted by atomic mass is 10.1. The Bertz CT molecular complexity index is 1270. The molecule has 0 aromatic heterocycles. The van der Waals surface area contributed by atoms with Gasteiger partial charge in [-0.15, -0.1) is 0 Å². The van der Waals surface area contributed by atoms with Crippen LogP contribution < -0.4 is 10.2 Å². The van der Waals surface area contributed by atoms with Crippen LogP contribution in [0.2, 0.25) is 5.02 Å². The van der Waals surface area contributed by atoms with E-state index in [9.17, 15) is 14.9 Å². The summed E-state index contributed by atoms with van der Waals surface area (Å²) in [5.74, 6) is -0.762. The first kappa shape index (κ1) is 23.1. The van der Waals surface area contributed by atoms with E-state index in [1.807, 2.05) is 42.5 Å². The van der Waals surface area contributed by atoms with Gasteiger partial charge in [-0.2, -0.15) is 5.26 Å². The summed E-state index contributed by atoms with van der Waals surface area (Å²) >= 11 is 10.7. The van der Waals surface area contributed by atoms with Crippen LogP contribution in [-0.2, 0) is 16.0 Å². The Morgan fingerprint density at radius 3 is 2.48 bits per heavy atom. The summed E-state index contributed by atoms with van der Waals surface area (Å²) < 4.78 is 0.855. The highest BCUT2D eigenvalue weighted by atomic mass is 79.9. The molecular formula is C25H17BrClN3O2S. The molecule has 8 heteroatoms. The molecule has 3 aromatic rings. The van der Waals surface area contributed by atoms with Crippen LogP contribution in [0.25, 0.3) is 0 Å². The molecule has 3 aromatic carbocycles. The van der Waals surface area contributed by atoms with Crippen LogP contribution >= 0.6 is 39.3 Å². The highest BCUT2D eigenvalue weighted by Gasteiger charge is 2.40. The van der Waals surface area contributed by atoms with Crippen molar-refractivity contribution in [2.75, 3.05) is 10.2 Å². The lowest BCUT2D eigenvalue weighted by molar-refractivity contribution is -0.117. The number of benzene rings is 3. The van der Waals surface area contributed by atoms with Gasteiger partial charge >= 0.3 is 0 Å². The van der Waals surface area contributed by atoms with Crippen LogP contribution in [0.3, 0.4) is 0 Å². The standard InChI is InChI=1S/C25H17BrClN3O2S/c26-17-9-11-20(12-10-17)30-24(32)22(14-16-5-4-6-18(27)13-16)33-25(30)21(15-28)23(31)29-19-7-2-1-3-8-19/h1-13,22H,14H2,(H,29,31)/b25-21-. The number of anilines is 2. The van der Waals surface area contributed by atoms with Crippen LogP contribution in [0.4, 0.5) is 11.4 Å². The molecule has 1 aliphatic heterocycles. The quantitative estimate of drug-likeness (QED) is 0.312. The molecule has 1 heterocycles. The van der Waals surface area contributed by atoms with E-state index < -0.39 is 11.2 Å². The van der Waals surface area contributed by atoms with E-state index in [2.05, 4.69) is 21.2 Å². The zero-order valence-electron chi connectivity index (χ0n) is 17.2. The fourth-order valence-electron chi connectivity index (χ4n) is 3.41. The Hall–Kier alpha value is -3.05. The smallest absolute Gasteiger partial charge is 0.269 e. The summed E-state index contributed by atoms with van der Waals surface area (Å²) in [5, 5.41) is 13.0. The number of nitriles is 1. The molecule has 1 unspecified atom stereocenters. The zero-order valence-corrected chi connectivity index (χ0v) is 20.3. The lowest BCUT2D eigenvalue weighted by Gasteiger charge is -2.19. The SMILES string of the molecule is N#C/C(C(=O)Nc1ccccc1)=C1/SC(Cc2cccc(Cl)c2)C(=O)N1c1ccc(Br)cc1. The number of rotatable bonds is 5. The molecule has 0 saturated carbocycles. The highest BCUT2D eigenvalue weighted by Crippen LogP contribution is 2.42. The topological polar surface area (TPSA) is 73.2 Å². The van der Waals surface area contributed by atoms with E-state index >= 15 is 0 Å². The third kappa shape index (κ3) is 5.31. The first-order chi connectivity index (χ1) is 16.0. The van der Waals surface area contributed by atoms with E-state index in [1.165, 1.54) is 16.7 Å². The van der Waals surface area contributed by atoms with Gasteiger partial charge in [0.15, 0.2) is 0 Å². The second kappa shape index (κ2) is 10.3. The minimum absolute atomic E-state index is 0.117. The number of nitrogens with zero attached hydrogens (tertiary/aromatic N) is 2. The molecule has 5 nitrogen and oxygen atoms in total. The van der Waals surface area contributed by atoms with E-state index in [1.54, 1.807) is 42.5 Å². The van der Waals surface area contributed by atoms with Crippen molar-refractivity contribution in [3.05, 3.63) is 105 Å². The largest absolute Gasteiger partial charge is 0.321 e. The second-order valence-corrected chi connectivity index (χ2v) is 9.75. The Morgan fingerprint density at radius 2 is 1.82 bits per heavy atom. The van der Waals surface area contributed by atoms with Crippen LogP contribution in [0.1, 0.15) is 5.56 Å². The molecule has 0 aliphatic carbocycles. The lowest BCUT2D eigenvalue weighted by Crippen LogP contribution is -2.30. The van der Waals surface area contributed by atoms with Gasteiger partial charge in [0.1, 0.15) is 16.7 Å². The molecule has 0 bridgehead atoms. The van der Waals surface area contributed by atoms with Crippen molar-refractivity contribution in [3.63, 3.8) is 0 Å². The van der Waals surface area contributed by atoms with Gasteiger partial charge in [0.2, 0.25) is 5.91 Å². The van der Waals surface area contributed by atoms with E-state index in [4.69, 9.17) is 11.6 Å². The van der Waals surface area contributed by atoms with E-state index in [0.29, 0.717) is 27.8 Å². The van der Waals surface area contributed by atoms with Crippen LogP contribution in [-0.4, -0.2) is 17.1 Å². The number of thioether (sulfide) groups is 1. The second-order valence-electron chi connectivity index (χ2n) is 7.20. The number of carbonyl (C=O) groups excluding carboxylic acids is 2. The molecule has 2 amide bonds. The zero-order chi connectivity index (χ0) is 23.4. The summed E-state index contributed by atoms with van der Waals surface area (Å²) in [6.07, 6.45) is 0.416. The maximum atomic E-state index is 13.5. The molecule has 1 saturated heterocycles. The van der Waals surface area contributed by atoms with Gasteiger partial charge in [0.05, 0.1) is 5.25 Å². The summed E-state index contributed by atoms with van der Waals surface area (Å²) in [5.41, 5.74) is 1.93. The normalized spacial score (nSPS) is 16.9. The number of amides is 2. The maximum Gasteiger partial charge on any atom is 0.269 e. The predicted molar refractivity (Wildman–Crippen MR) is 136 cm³/mol. The Labute approximate surface area is 209 Å². The van der Waals surface area contributed by atoms with Crippen molar-refractivity contribution >= 4 is 62.5 Å². The first-order valence-electron chi connectivity index (χ1n) is 9.97. The van der Waals surface area contributed by atoms with Crippen molar-refractivity contribution in [2.45, 2.75) is 11.7 Å². The van der Waals surface area contributed by atoms with Gasteiger partial charge in [0, 0.05) is 20.9 Å². The maximum absolute atomic E-state index is 13.5. The molecule has 1 fully saturated rings. The highest BCUT2D eigenvalue weighted by molar-refractivity contribution is 9.10. The van der Waals surface area contributed by atoms with Crippen molar-refractivity contribution in [1.29, 1.82) is 5.26 Å². The van der Waals surface area contributed by atoms with Crippen LogP contribution in [0.15, 0.2) is 93.9 Å². The average molecular weight is 539 g/mol. The summed E-state index contributed by atoms with van der Waals surface area (Å²) in [7, 11) is 0. The molecule has 0 radical (unpaired) electrons. The molecule has 4 rings (SSSR count). The third-order valence-corrected chi connectivity index (χ3v) is 6.96. The molecule has 0 spiro atoms. The Balaban J connectivity index is 1.73. The molecule has 1 N–H and O–H groups in total. The van der Waals surface area contributed by atoms with Gasteiger partial charge in [-0.05, 0) is 60.5 Å². The van der Waals surface area contributed by atoms with Gasteiger partial charge in [-0.1, -0.05) is 69.6 Å². The number of para-hydroxylation sites is 1.